The molecular formula is C11H13N3O. The lowest BCUT2D eigenvalue weighted by Gasteiger charge is -2.06. The summed E-state index contributed by atoms with van der Waals surface area (Å²) < 4.78 is 1.56. The molecule has 0 saturated heterocycles. The Hall–Kier alpha value is -1.84. The molecule has 4 nitrogen and oxygen atoms in total. The van der Waals surface area contributed by atoms with Gasteiger partial charge in [0.25, 0.3) is 5.56 Å². The Kier molecular flexibility index (Phi) is 2.19. The van der Waals surface area contributed by atoms with Gasteiger partial charge in [-0.3, -0.25) is 9.36 Å². The smallest absolute Gasteiger partial charge is 0.261 e. The van der Waals surface area contributed by atoms with Crippen LogP contribution in [0.5, 0.6) is 0 Å². The van der Waals surface area contributed by atoms with E-state index >= 15 is 0 Å². The highest BCUT2D eigenvalue weighted by atomic mass is 16.1. The van der Waals surface area contributed by atoms with E-state index in [1.807, 2.05) is 26.1 Å². The summed E-state index contributed by atoms with van der Waals surface area (Å²) in [7, 11) is 3.57. The second-order valence-corrected chi connectivity index (χ2v) is 3.51. The molecule has 0 bridgehead atoms. The Labute approximate surface area is 87.6 Å². The molecule has 2 aromatic rings. The second kappa shape index (κ2) is 3.38. The van der Waals surface area contributed by atoms with Crippen LogP contribution < -0.4 is 10.9 Å². The van der Waals surface area contributed by atoms with Gasteiger partial charge in [0.15, 0.2) is 0 Å². The molecule has 0 fully saturated rings. The summed E-state index contributed by atoms with van der Waals surface area (Å²) >= 11 is 0. The molecular weight excluding hydrogens is 190 g/mol. The van der Waals surface area contributed by atoms with E-state index < -0.39 is 0 Å². The minimum absolute atomic E-state index is 0.000142. The van der Waals surface area contributed by atoms with Crippen LogP contribution in [0.2, 0.25) is 0 Å². The first-order chi connectivity index (χ1) is 7.13. The molecule has 78 valence electrons. The first-order valence-corrected chi connectivity index (χ1v) is 4.78. The van der Waals surface area contributed by atoms with E-state index in [9.17, 15) is 4.79 Å². The number of benzene rings is 1. The van der Waals surface area contributed by atoms with Crippen molar-refractivity contribution in [2.75, 3.05) is 12.4 Å². The summed E-state index contributed by atoms with van der Waals surface area (Å²) in [6.45, 7) is 1.83. The van der Waals surface area contributed by atoms with Crippen molar-refractivity contribution in [1.29, 1.82) is 0 Å². The number of hydrogen-bond donors (Lipinski definition) is 1. The fraction of sp³-hybridized carbons (Fsp3) is 0.273. The van der Waals surface area contributed by atoms with E-state index in [1.165, 1.54) is 0 Å². The van der Waals surface area contributed by atoms with Crippen molar-refractivity contribution in [3.63, 3.8) is 0 Å². The fourth-order valence-electron chi connectivity index (χ4n) is 1.54. The van der Waals surface area contributed by atoms with Crippen LogP contribution in [0.25, 0.3) is 10.9 Å². The molecule has 1 N–H and O–H groups in total. The van der Waals surface area contributed by atoms with Crippen LogP contribution in [-0.4, -0.2) is 16.6 Å². The predicted molar refractivity (Wildman–Crippen MR) is 61.3 cm³/mol. The number of hydrogen-bond acceptors (Lipinski definition) is 3. The lowest BCUT2D eigenvalue weighted by Crippen LogP contribution is -2.20. The Balaban J connectivity index is 2.86. The highest BCUT2D eigenvalue weighted by Crippen LogP contribution is 2.14. The maximum atomic E-state index is 11.9. The summed E-state index contributed by atoms with van der Waals surface area (Å²) in [6.07, 6.45) is 0. The predicted octanol–water partition coefficient (Wildman–Crippen LogP) is 1.28. The van der Waals surface area contributed by atoms with Crippen LogP contribution in [0, 0.1) is 6.92 Å². The van der Waals surface area contributed by atoms with Crippen molar-refractivity contribution in [2.24, 2.45) is 7.05 Å². The van der Waals surface area contributed by atoms with E-state index in [-0.39, 0.29) is 5.56 Å². The number of fused-ring (bicyclic) bond motifs is 1. The largest absolute Gasteiger partial charge is 0.388 e. The number of anilines is 1. The summed E-state index contributed by atoms with van der Waals surface area (Å²) in [5.74, 6) is 0.723. The highest BCUT2D eigenvalue weighted by molar-refractivity contribution is 5.81. The SMILES string of the molecule is CNc1ccc2c(=O)n(C)c(C)nc2c1. The van der Waals surface area contributed by atoms with Crippen LogP contribution in [0.3, 0.4) is 0 Å². The van der Waals surface area contributed by atoms with Crippen LogP contribution in [-0.2, 0) is 7.05 Å². The Bertz CT molecular complexity index is 572. The van der Waals surface area contributed by atoms with Gasteiger partial charge in [0.05, 0.1) is 10.9 Å². The molecule has 15 heavy (non-hydrogen) atoms. The number of aromatic nitrogens is 2. The third-order valence-electron chi connectivity index (χ3n) is 2.59. The minimum Gasteiger partial charge on any atom is -0.388 e. The number of nitrogens with one attached hydrogen (secondary N) is 1. The van der Waals surface area contributed by atoms with Crippen LogP contribution in [0.1, 0.15) is 5.82 Å². The molecule has 0 atom stereocenters. The van der Waals surface area contributed by atoms with Gasteiger partial charge in [-0.25, -0.2) is 4.98 Å². The van der Waals surface area contributed by atoms with E-state index in [1.54, 1.807) is 17.7 Å². The molecule has 0 spiro atoms. The van der Waals surface area contributed by atoms with Gasteiger partial charge in [-0.05, 0) is 25.1 Å². The van der Waals surface area contributed by atoms with E-state index in [0.717, 1.165) is 17.0 Å². The third-order valence-corrected chi connectivity index (χ3v) is 2.59. The summed E-state index contributed by atoms with van der Waals surface area (Å²) in [5, 5.41) is 3.68. The van der Waals surface area contributed by atoms with Crippen molar-refractivity contribution in [1.82, 2.24) is 9.55 Å². The molecule has 0 aliphatic rings. The van der Waals surface area contributed by atoms with Crippen molar-refractivity contribution in [3.05, 3.63) is 34.4 Å². The minimum atomic E-state index is 0.000142. The lowest BCUT2D eigenvalue weighted by molar-refractivity contribution is 0.792. The number of aryl methyl sites for hydroxylation is 1. The first kappa shape index (κ1) is 9.71. The van der Waals surface area contributed by atoms with Gasteiger partial charge < -0.3 is 5.32 Å². The first-order valence-electron chi connectivity index (χ1n) is 4.78. The zero-order valence-electron chi connectivity index (χ0n) is 9.03. The molecule has 0 radical (unpaired) electrons. The van der Waals surface area contributed by atoms with E-state index in [0.29, 0.717) is 5.39 Å². The molecule has 1 heterocycles. The molecule has 0 amide bonds. The fourth-order valence-corrected chi connectivity index (χ4v) is 1.54. The van der Waals surface area contributed by atoms with E-state index in [4.69, 9.17) is 0 Å². The zero-order chi connectivity index (χ0) is 11.0. The average molecular weight is 203 g/mol. The van der Waals surface area contributed by atoms with Gasteiger partial charge >= 0.3 is 0 Å². The maximum Gasteiger partial charge on any atom is 0.261 e. The van der Waals surface area contributed by atoms with Crippen LogP contribution in [0.4, 0.5) is 5.69 Å². The highest BCUT2D eigenvalue weighted by Gasteiger charge is 2.04. The second-order valence-electron chi connectivity index (χ2n) is 3.51. The molecule has 0 unspecified atom stereocenters. The molecule has 1 aromatic heterocycles. The van der Waals surface area contributed by atoms with Crippen molar-refractivity contribution in [3.8, 4) is 0 Å². The summed E-state index contributed by atoms with van der Waals surface area (Å²) in [5.41, 5.74) is 1.70. The van der Waals surface area contributed by atoms with Crippen molar-refractivity contribution < 1.29 is 0 Å². The molecule has 1 aromatic carbocycles. The van der Waals surface area contributed by atoms with E-state index in [2.05, 4.69) is 10.3 Å². The summed E-state index contributed by atoms with van der Waals surface area (Å²) in [4.78, 5) is 16.2. The zero-order valence-corrected chi connectivity index (χ0v) is 9.03. The average Bonchev–Trinajstić information content (AvgIpc) is 2.25. The van der Waals surface area contributed by atoms with Gasteiger partial charge in [0.2, 0.25) is 0 Å². The van der Waals surface area contributed by atoms with Crippen LogP contribution in [0.15, 0.2) is 23.0 Å². The molecule has 0 saturated carbocycles. The van der Waals surface area contributed by atoms with Crippen molar-refractivity contribution in [2.45, 2.75) is 6.92 Å². The lowest BCUT2D eigenvalue weighted by atomic mass is 10.2. The summed E-state index contributed by atoms with van der Waals surface area (Å²) in [6, 6.07) is 5.56. The van der Waals surface area contributed by atoms with Crippen molar-refractivity contribution >= 4 is 16.6 Å². The van der Waals surface area contributed by atoms with Crippen LogP contribution >= 0.6 is 0 Å². The Morgan fingerprint density at radius 2 is 2.13 bits per heavy atom. The number of nitrogens with zero attached hydrogens (tertiary/aromatic N) is 2. The van der Waals surface area contributed by atoms with Gasteiger partial charge in [-0.15, -0.1) is 0 Å². The topological polar surface area (TPSA) is 46.9 Å². The maximum absolute atomic E-state index is 11.9. The molecule has 2 rings (SSSR count). The third kappa shape index (κ3) is 1.48. The molecule has 0 aliphatic heterocycles. The quantitative estimate of drug-likeness (QED) is 0.759. The Morgan fingerprint density at radius 3 is 2.80 bits per heavy atom. The molecule has 0 aliphatic carbocycles. The van der Waals surface area contributed by atoms with Gasteiger partial charge in [-0.1, -0.05) is 0 Å². The normalized spacial score (nSPS) is 10.6. The number of rotatable bonds is 1. The van der Waals surface area contributed by atoms with Gasteiger partial charge in [-0.2, -0.15) is 0 Å². The Morgan fingerprint density at radius 1 is 1.40 bits per heavy atom. The van der Waals surface area contributed by atoms with Gasteiger partial charge in [0, 0.05) is 19.8 Å². The standard InChI is InChI=1S/C11H13N3O/c1-7-13-10-6-8(12-2)4-5-9(10)11(15)14(7)3/h4-6,12H,1-3H3. The van der Waals surface area contributed by atoms with Gasteiger partial charge in [0.1, 0.15) is 5.82 Å². The molecule has 4 heteroatoms. The monoisotopic (exact) mass is 203 g/mol.